The molecule has 0 aliphatic carbocycles. The fourth-order valence-electron chi connectivity index (χ4n) is 2.76. The molecule has 2 aliphatic heterocycles. The smallest absolute Gasteiger partial charge is 0.224 e. The topological polar surface area (TPSA) is 55.4 Å². The number of carbonyl (C=O) groups is 2. The van der Waals surface area contributed by atoms with Gasteiger partial charge in [0.2, 0.25) is 5.91 Å². The number of fused-ring (bicyclic) bond motifs is 1. The number of hydrogen-bond donors (Lipinski definition) is 1. The monoisotopic (exact) mass is 277 g/mol. The molecule has 106 valence electrons. The summed E-state index contributed by atoms with van der Waals surface area (Å²) in [6.45, 7) is 1.04. The van der Waals surface area contributed by atoms with Gasteiger partial charge in [-0.15, -0.1) is 0 Å². The van der Waals surface area contributed by atoms with Gasteiger partial charge in [-0.1, -0.05) is 0 Å². The highest BCUT2D eigenvalue weighted by atomic mass is 19.1. The molecular formula is C15H16FNO3. The normalized spacial score (nSPS) is 22.1. The minimum atomic E-state index is -0.568. The van der Waals surface area contributed by atoms with Crippen LogP contribution in [0.3, 0.4) is 0 Å². The molecule has 1 N–H and O–H groups in total. The molecule has 0 saturated carbocycles. The molecule has 0 spiro atoms. The lowest BCUT2D eigenvalue weighted by Gasteiger charge is -2.22. The van der Waals surface area contributed by atoms with Crippen molar-refractivity contribution in [1.29, 1.82) is 0 Å². The Morgan fingerprint density at radius 2 is 2.20 bits per heavy atom. The standard InChI is InChI=1S/C15H16FNO3/c16-12-7-13-9(3-4-14(18)17-13)6-11(12)15(19)10-2-1-5-20-8-10/h6-7,10H,1-5,8H2,(H,17,18). The molecule has 1 aromatic rings. The number of aryl methyl sites for hydroxylation is 1. The zero-order valence-electron chi connectivity index (χ0n) is 11.1. The van der Waals surface area contributed by atoms with Gasteiger partial charge in [-0.2, -0.15) is 0 Å². The third-order valence-corrected chi connectivity index (χ3v) is 3.88. The molecule has 2 heterocycles. The predicted molar refractivity (Wildman–Crippen MR) is 71.2 cm³/mol. The lowest BCUT2D eigenvalue weighted by atomic mass is 9.90. The maximum absolute atomic E-state index is 14.1. The molecule has 1 saturated heterocycles. The van der Waals surface area contributed by atoms with Gasteiger partial charge in [0.1, 0.15) is 5.82 Å². The van der Waals surface area contributed by atoms with E-state index in [0.717, 1.165) is 18.4 Å². The second-order valence-electron chi connectivity index (χ2n) is 5.32. The van der Waals surface area contributed by atoms with Crippen molar-refractivity contribution >= 4 is 17.4 Å². The van der Waals surface area contributed by atoms with Crippen molar-refractivity contribution in [1.82, 2.24) is 0 Å². The van der Waals surface area contributed by atoms with Gasteiger partial charge in [0, 0.05) is 24.6 Å². The van der Waals surface area contributed by atoms with Crippen LogP contribution in [-0.4, -0.2) is 24.9 Å². The molecule has 0 radical (unpaired) electrons. The van der Waals surface area contributed by atoms with E-state index >= 15 is 0 Å². The quantitative estimate of drug-likeness (QED) is 0.844. The van der Waals surface area contributed by atoms with E-state index in [-0.39, 0.29) is 23.2 Å². The summed E-state index contributed by atoms with van der Waals surface area (Å²) in [7, 11) is 0. The maximum Gasteiger partial charge on any atom is 0.224 e. The fraction of sp³-hybridized carbons (Fsp3) is 0.467. The molecule has 1 fully saturated rings. The summed E-state index contributed by atoms with van der Waals surface area (Å²) in [4.78, 5) is 23.6. The first-order chi connectivity index (χ1) is 9.65. The minimum Gasteiger partial charge on any atom is -0.381 e. The molecule has 20 heavy (non-hydrogen) atoms. The highest BCUT2D eigenvalue weighted by Gasteiger charge is 2.27. The number of anilines is 1. The Morgan fingerprint density at radius 1 is 1.35 bits per heavy atom. The fourth-order valence-corrected chi connectivity index (χ4v) is 2.76. The summed E-state index contributed by atoms with van der Waals surface area (Å²) in [5, 5.41) is 2.63. The molecule has 5 heteroatoms. The highest BCUT2D eigenvalue weighted by Crippen LogP contribution is 2.28. The molecule has 2 aliphatic rings. The molecule has 3 rings (SSSR count). The van der Waals surface area contributed by atoms with Crippen LogP contribution in [0.25, 0.3) is 0 Å². The van der Waals surface area contributed by atoms with E-state index in [2.05, 4.69) is 5.32 Å². The van der Waals surface area contributed by atoms with Gasteiger partial charge in [0.05, 0.1) is 12.2 Å². The van der Waals surface area contributed by atoms with Gasteiger partial charge in [0.25, 0.3) is 0 Å². The van der Waals surface area contributed by atoms with Crippen LogP contribution in [0.2, 0.25) is 0 Å². The van der Waals surface area contributed by atoms with E-state index in [4.69, 9.17) is 4.74 Å². The minimum absolute atomic E-state index is 0.114. The summed E-state index contributed by atoms with van der Waals surface area (Å²) in [5.41, 5.74) is 1.43. The number of benzene rings is 1. The van der Waals surface area contributed by atoms with E-state index in [1.165, 1.54) is 6.07 Å². The van der Waals surface area contributed by atoms with Crippen LogP contribution in [-0.2, 0) is 16.0 Å². The van der Waals surface area contributed by atoms with Gasteiger partial charge < -0.3 is 10.1 Å². The third kappa shape index (κ3) is 2.45. The van der Waals surface area contributed by atoms with Crippen molar-refractivity contribution in [3.63, 3.8) is 0 Å². The van der Waals surface area contributed by atoms with Crippen molar-refractivity contribution in [2.75, 3.05) is 18.5 Å². The average Bonchev–Trinajstić information content (AvgIpc) is 2.46. The Hall–Kier alpha value is -1.75. The second-order valence-corrected chi connectivity index (χ2v) is 5.32. The number of Topliss-reactive ketones (excluding diaryl/α,β-unsaturated/α-hetero) is 1. The van der Waals surface area contributed by atoms with Gasteiger partial charge in [0.15, 0.2) is 5.78 Å². The zero-order valence-corrected chi connectivity index (χ0v) is 11.1. The zero-order chi connectivity index (χ0) is 14.1. The number of halogens is 1. The van der Waals surface area contributed by atoms with Crippen molar-refractivity contribution in [2.45, 2.75) is 25.7 Å². The second kappa shape index (κ2) is 5.32. The Balaban J connectivity index is 1.89. The Labute approximate surface area is 116 Å². The number of ether oxygens (including phenoxy) is 1. The highest BCUT2D eigenvalue weighted by molar-refractivity contribution is 6.00. The van der Waals surface area contributed by atoms with E-state index in [1.807, 2.05) is 0 Å². The largest absolute Gasteiger partial charge is 0.381 e. The molecule has 1 unspecified atom stereocenters. The SMILES string of the molecule is O=C1CCc2cc(C(=O)C3CCCOC3)c(F)cc2N1. The summed E-state index contributed by atoms with van der Waals surface area (Å²) >= 11 is 0. The predicted octanol–water partition coefficient (Wildman–Crippen LogP) is 2.32. The van der Waals surface area contributed by atoms with Crippen molar-refractivity contribution in [3.8, 4) is 0 Å². The third-order valence-electron chi connectivity index (χ3n) is 3.88. The first kappa shape index (κ1) is 13.2. The number of ketones is 1. The van der Waals surface area contributed by atoms with Crippen LogP contribution in [0.5, 0.6) is 0 Å². The number of carbonyl (C=O) groups excluding carboxylic acids is 2. The van der Waals surface area contributed by atoms with E-state index < -0.39 is 5.82 Å². The lowest BCUT2D eigenvalue weighted by Crippen LogP contribution is -2.27. The molecule has 1 aromatic carbocycles. The number of amides is 1. The molecule has 4 nitrogen and oxygen atoms in total. The first-order valence-electron chi connectivity index (χ1n) is 6.89. The van der Waals surface area contributed by atoms with Crippen LogP contribution in [0.1, 0.15) is 35.2 Å². The lowest BCUT2D eigenvalue weighted by molar-refractivity contribution is -0.116. The van der Waals surface area contributed by atoms with Crippen LogP contribution >= 0.6 is 0 Å². The number of nitrogens with one attached hydrogen (secondary N) is 1. The van der Waals surface area contributed by atoms with Crippen molar-refractivity contribution in [2.24, 2.45) is 5.92 Å². The summed E-state index contributed by atoms with van der Waals surface area (Å²) in [6.07, 6.45) is 2.49. The van der Waals surface area contributed by atoms with Crippen molar-refractivity contribution in [3.05, 3.63) is 29.1 Å². The van der Waals surface area contributed by atoms with E-state index in [1.54, 1.807) is 6.07 Å². The Bertz CT molecular complexity index is 564. The van der Waals surface area contributed by atoms with E-state index in [9.17, 15) is 14.0 Å². The van der Waals surface area contributed by atoms with Crippen LogP contribution < -0.4 is 5.32 Å². The number of hydrogen-bond acceptors (Lipinski definition) is 3. The average molecular weight is 277 g/mol. The first-order valence-corrected chi connectivity index (χ1v) is 6.89. The molecule has 0 aromatic heterocycles. The molecule has 0 bridgehead atoms. The van der Waals surface area contributed by atoms with Crippen LogP contribution in [0, 0.1) is 11.7 Å². The molecule has 1 amide bonds. The van der Waals surface area contributed by atoms with Gasteiger partial charge in [-0.3, -0.25) is 9.59 Å². The van der Waals surface area contributed by atoms with Crippen LogP contribution in [0.4, 0.5) is 10.1 Å². The van der Waals surface area contributed by atoms with Crippen LogP contribution in [0.15, 0.2) is 12.1 Å². The Kier molecular flexibility index (Phi) is 3.53. The van der Waals surface area contributed by atoms with Crippen molar-refractivity contribution < 1.29 is 18.7 Å². The molecule has 1 atom stereocenters. The van der Waals surface area contributed by atoms with Gasteiger partial charge in [-0.05, 0) is 37.0 Å². The molecular weight excluding hydrogens is 261 g/mol. The Morgan fingerprint density at radius 3 is 2.95 bits per heavy atom. The maximum atomic E-state index is 14.1. The van der Waals surface area contributed by atoms with E-state index in [0.29, 0.717) is 31.7 Å². The van der Waals surface area contributed by atoms with Gasteiger partial charge >= 0.3 is 0 Å². The summed E-state index contributed by atoms with van der Waals surface area (Å²) in [5.74, 6) is -1.13. The number of rotatable bonds is 2. The summed E-state index contributed by atoms with van der Waals surface area (Å²) < 4.78 is 19.4. The summed E-state index contributed by atoms with van der Waals surface area (Å²) in [6, 6.07) is 2.84. The van der Waals surface area contributed by atoms with Gasteiger partial charge in [-0.25, -0.2) is 4.39 Å².